The van der Waals surface area contributed by atoms with E-state index in [1.807, 2.05) is 0 Å². The van der Waals surface area contributed by atoms with E-state index in [1.54, 1.807) is 0 Å². The molecule has 1 unspecified atom stereocenters. The fourth-order valence-electron chi connectivity index (χ4n) is 1.16. The Bertz CT molecular complexity index is 347. The molecule has 1 rings (SSSR count). The molecule has 0 bridgehead atoms. The van der Waals surface area contributed by atoms with Crippen molar-refractivity contribution in [1.82, 2.24) is 0 Å². The standard InChI is InChI=1S/C10H12F3N/c1-6-3-4-7(9(12)8(6)11)10(2,13)5-14/h3-4H,5,14H2,1-2H3. The van der Waals surface area contributed by atoms with E-state index >= 15 is 0 Å². The minimum absolute atomic E-state index is 0.152. The molecule has 0 aliphatic heterocycles. The van der Waals surface area contributed by atoms with Crippen molar-refractivity contribution in [3.05, 3.63) is 34.9 Å². The number of nitrogens with two attached hydrogens (primary N) is 1. The van der Waals surface area contributed by atoms with Crippen molar-refractivity contribution >= 4 is 0 Å². The van der Waals surface area contributed by atoms with Gasteiger partial charge in [-0.15, -0.1) is 0 Å². The van der Waals surface area contributed by atoms with Gasteiger partial charge in [0.1, 0.15) is 5.67 Å². The zero-order valence-corrected chi connectivity index (χ0v) is 8.07. The summed E-state index contributed by atoms with van der Waals surface area (Å²) in [5.41, 5.74) is 2.92. The normalized spacial score (nSPS) is 15.3. The van der Waals surface area contributed by atoms with Crippen molar-refractivity contribution in [3.63, 3.8) is 0 Å². The predicted octanol–water partition coefficient (Wildman–Crippen LogP) is 2.42. The number of hydrogen-bond acceptors (Lipinski definition) is 1. The lowest BCUT2D eigenvalue weighted by Crippen LogP contribution is -2.28. The topological polar surface area (TPSA) is 26.0 Å². The molecule has 0 spiro atoms. The minimum Gasteiger partial charge on any atom is -0.327 e. The maximum atomic E-state index is 13.6. The summed E-state index contributed by atoms with van der Waals surface area (Å²) in [4.78, 5) is 0. The van der Waals surface area contributed by atoms with Crippen molar-refractivity contribution in [2.45, 2.75) is 19.5 Å². The Kier molecular flexibility index (Phi) is 2.85. The van der Waals surface area contributed by atoms with E-state index in [0.29, 0.717) is 0 Å². The van der Waals surface area contributed by atoms with E-state index in [0.717, 1.165) is 6.92 Å². The van der Waals surface area contributed by atoms with Gasteiger partial charge in [-0.2, -0.15) is 0 Å². The smallest absolute Gasteiger partial charge is 0.165 e. The second-order valence-electron chi connectivity index (χ2n) is 3.46. The van der Waals surface area contributed by atoms with Gasteiger partial charge < -0.3 is 5.73 Å². The van der Waals surface area contributed by atoms with E-state index < -0.39 is 17.3 Å². The molecule has 0 amide bonds. The van der Waals surface area contributed by atoms with Gasteiger partial charge in [0, 0.05) is 12.1 Å². The average molecular weight is 203 g/mol. The zero-order chi connectivity index (χ0) is 10.9. The third-order valence-electron chi connectivity index (χ3n) is 2.22. The number of hydrogen-bond donors (Lipinski definition) is 1. The summed E-state index contributed by atoms with van der Waals surface area (Å²) in [6.45, 7) is 2.16. The highest BCUT2D eigenvalue weighted by atomic mass is 19.2. The third kappa shape index (κ3) is 1.75. The Morgan fingerprint density at radius 1 is 1.29 bits per heavy atom. The molecule has 1 atom stereocenters. The van der Waals surface area contributed by atoms with Gasteiger partial charge in [0.15, 0.2) is 11.6 Å². The van der Waals surface area contributed by atoms with E-state index in [4.69, 9.17) is 5.73 Å². The summed E-state index contributed by atoms with van der Waals surface area (Å²) in [5, 5.41) is 0. The number of alkyl halides is 1. The monoisotopic (exact) mass is 203 g/mol. The molecule has 0 saturated heterocycles. The van der Waals surface area contributed by atoms with Crippen molar-refractivity contribution in [3.8, 4) is 0 Å². The van der Waals surface area contributed by atoms with Crippen LogP contribution in [0.4, 0.5) is 13.2 Å². The highest BCUT2D eigenvalue weighted by molar-refractivity contribution is 5.29. The molecule has 0 saturated carbocycles. The molecular formula is C10H12F3N. The Morgan fingerprint density at radius 3 is 2.36 bits per heavy atom. The fraction of sp³-hybridized carbons (Fsp3) is 0.400. The minimum atomic E-state index is -2.03. The van der Waals surface area contributed by atoms with Crippen LogP contribution in [0.3, 0.4) is 0 Å². The van der Waals surface area contributed by atoms with Gasteiger partial charge in [0.2, 0.25) is 0 Å². The number of aryl methyl sites for hydroxylation is 1. The molecule has 14 heavy (non-hydrogen) atoms. The van der Waals surface area contributed by atoms with Crippen LogP contribution in [0.25, 0.3) is 0 Å². The Hall–Kier alpha value is -1.03. The van der Waals surface area contributed by atoms with Crippen molar-refractivity contribution < 1.29 is 13.2 Å². The average Bonchev–Trinajstić information content (AvgIpc) is 2.14. The van der Waals surface area contributed by atoms with E-state index in [1.165, 1.54) is 19.1 Å². The van der Waals surface area contributed by atoms with Gasteiger partial charge in [-0.1, -0.05) is 12.1 Å². The molecule has 1 aromatic carbocycles. The van der Waals surface area contributed by atoms with Gasteiger partial charge >= 0.3 is 0 Å². The molecule has 0 aliphatic carbocycles. The van der Waals surface area contributed by atoms with Gasteiger partial charge in [-0.05, 0) is 19.4 Å². The zero-order valence-electron chi connectivity index (χ0n) is 8.07. The molecule has 0 aliphatic rings. The molecule has 4 heteroatoms. The van der Waals surface area contributed by atoms with Crippen LogP contribution in [-0.4, -0.2) is 6.54 Å². The van der Waals surface area contributed by atoms with Crippen LogP contribution in [0.2, 0.25) is 0 Å². The molecule has 1 nitrogen and oxygen atoms in total. The highest BCUT2D eigenvalue weighted by Crippen LogP contribution is 2.28. The summed E-state index contributed by atoms with van der Waals surface area (Å²) in [5.74, 6) is -2.17. The third-order valence-corrected chi connectivity index (χ3v) is 2.22. The Labute approximate surface area is 80.7 Å². The van der Waals surface area contributed by atoms with E-state index in [2.05, 4.69) is 0 Å². The molecule has 0 fully saturated rings. The first-order valence-electron chi connectivity index (χ1n) is 4.24. The molecular weight excluding hydrogens is 191 g/mol. The van der Waals surface area contributed by atoms with Crippen LogP contribution < -0.4 is 5.73 Å². The maximum absolute atomic E-state index is 13.6. The summed E-state index contributed by atoms with van der Waals surface area (Å²) in [7, 11) is 0. The lowest BCUT2D eigenvalue weighted by Gasteiger charge is -2.19. The van der Waals surface area contributed by atoms with Crippen LogP contribution in [0, 0.1) is 18.6 Å². The second kappa shape index (κ2) is 3.61. The summed E-state index contributed by atoms with van der Waals surface area (Å²) < 4.78 is 39.9. The van der Waals surface area contributed by atoms with E-state index in [-0.39, 0.29) is 17.7 Å². The molecule has 2 N–H and O–H groups in total. The van der Waals surface area contributed by atoms with Gasteiger partial charge in [0.05, 0.1) is 0 Å². The van der Waals surface area contributed by atoms with Crippen molar-refractivity contribution in [1.29, 1.82) is 0 Å². The fourth-order valence-corrected chi connectivity index (χ4v) is 1.16. The quantitative estimate of drug-likeness (QED) is 0.784. The van der Waals surface area contributed by atoms with Crippen LogP contribution in [-0.2, 0) is 5.67 Å². The SMILES string of the molecule is Cc1ccc(C(C)(F)CN)c(F)c1F. The first-order chi connectivity index (χ1) is 6.40. The molecule has 1 aromatic rings. The lowest BCUT2D eigenvalue weighted by molar-refractivity contribution is 0.194. The second-order valence-corrected chi connectivity index (χ2v) is 3.46. The molecule has 0 aromatic heterocycles. The van der Waals surface area contributed by atoms with Gasteiger partial charge in [-0.25, -0.2) is 13.2 Å². The van der Waals surface area contributed by atoms with Crippen LogP contribution >= 0.6 is 0 Å². The molecule has 0 radical (unpaired) electrons. The number of benzene rings is 1. The van der Waals surface area contributed by atoms with Crippen LogP contribution in [0.5, 0.6) is 0 Å². The van der Waals surface area contributed by atoms with Crippen molar-refractivity contribution in [2.75, 3.05) is 6.54 Å². The largest absolute Gasteiger partial charge is 0.327 e. The predicted molar refractivity (Wildman–Crippen MR) is 48.6 cm³/mol. The molecule has 78 valence electrons. The van der Waals surface area contributed by atoms with Crippen molar-refractivity contribution in [2.24, 2.45) is 5.73 Å². The first-order valence-corrected chi connectivity index (χ1v) is 4.24. The van der Waals surface area contributed by atoms with Crippen LogP contribution in [0.1, 0.15) is 18.1 Å². The summed E-state index contributed by atoms with van der Waals surface area (Å²) in [6, 6.07) is 2.56. The number of halogens is 3. The molecule has 0 heterocycles. The lowest BCUT2D eigenvalue weighted by atomic mass is 9.96. The van der Waals surface area contributed by atoms with Gasteiger partial charge in [-0.3, -0.25) is 0 Å². The summed E-state index contributed by atoms with van der Waals surface area (Å²) in [6.07, 6.45) is 0. The highest BCUT2D eigenvalue weighted by Gasteiger charge is 2.29. The van der Waals surface area contributed by atoms with Gasteiger partial charge in [0.25, 0.3) is 0 Å². The first kappa shape index (κ1) is 11.0. The Morgan fingerprint density at radius 2 is 1.86 bits per heavy atom. The Balaban J connectivity index is 3.31. The van der Waals surface area contributed by atoms with E-state index in [9.17, 15) is 13.2 Å². The summed E-state index contributed by atoms with van der Waals surface area (Å²) >= 11 is 0. The maximum Gasteiger partial charge on any atom is 0.165 e. The number of rotatable bonds is 2. The van der Waals surface area contributed by atoms with Crippen LogP contribution in [0.15, 0.2) is 12.1 Å².